The molecule has 10 heteroatoms. The number of sulfonamides is 1. The zero-order valence-corrected chi connectivity index (χ0v) is 16.6. The van der Waals surface area contributed by atoms with Gasteiger partial charge in [-0.25, -0.2) is 8.42 Å². The van der Waals surface area contributed by atoms with Crippen molar-refractivity contribution in [2.24, 2.45) is 0 Å². The first-order valence-corrected chi connectivity index (χ1v) is 10.4. The number of hydrogen-bond acceptors (Lipinski definition) is 5. The minimum absolute atomic E-state index is 0.143. The van der Waals surface area contributed by atoms with Crippen molar-refractivity contribution in [1.82, 2.24) is 5.32 Å². The third kappa shape index (κ3) is 4.77. The van der Waals surface area contributed by atoms with Crippen molar-refractivity contribution in [2.45, 2.75) is 6.54 Å². The minimum atomic E-state index is -3.75. The second-order valence-electron chi connectivity index (χ2n) is 5.83. The van der Waals surface area contributed by atoms with E-state index in [4.69, 9.17) is 32.7 Å². The fourth-order valence-corrected chi connectivity index (χ4v) is 3.79. The molecule has 1 aliphatic heterocycles. The normalized spacial score (nSPS) is 12.7. The van der Waals surface area contributed by atoms with Crippen molar-refractivity contribution in [3.8, 4) is 11.5 Å². The fraction of sp³-hybridized carbons (Fsp3) is 0.235. The number of rotatable bonds is 6. The van der Waals surface area contributed by atoms with Gasteiger partial charge < -0.3 is 14.8 Å². The van der Waals surface area contributed by atoms with Gasteiger partial charge in [0, 0.05) is 11.6 Å². The molecule has 2 aromatic rings. The molecular weight excluding hydrogens is 415 g/mol. The number of carbonyl (C=O) groups is 1. The van der Waals surface area contributed by atoms with Crippen molar-refractivity contribution in [3.05, 3.63) is 52.0 Å². The molecule has 0 saturated carbocycles. The molecule has 0 aromatic heterocycles. The van der Waals surface area contributed by atoms with Crippen LogP contribution < -0.4 is 19.1 Å². The highest BCUT2D eigenvalue weighted by Gasteiger charge is 2.23. The molecule has 3 rings (SSSR count). The molecule has 1 heterocycles. The van der Waals surface area contributed by atoms with E-state index in [0.29, 0.717) is 16.5 Å². The monoisotopic (exact) mass is 430 g/mol. The summed E-state index contributed by atoms with van der Waals surface area (Å²) in [5.41, 5.74) is 0.934. The topological polar surface area (TPSA) is 84.9 Å². The van der Waals surface area contributed by atoms with Crippen LogP contribution in [0, 0.1) is 0 Å². The molecule has 0 saturated heterocycles. The third-order valence-electron chi connectivity index (χ3n) is 3.79. The Morgan fingerprint density at radius 3 is 2.63 bits per heavy atom. The summed E-state index contributed by atoms with van der Waals surface area (Å²) in [5.74, 6) is 0.753. The van der Waals surface area contributed by atoms with Crippen LogP contribution in [0.25, 0.3) is 0 Å². The highest BCUT2D eigenvalue weighted by atomic mass is 35.5. The molecule has 0 radical (unpaired) electrons. The molecule has 144 valence electrons. The predicted octanol–water partition coefficient (Wildman–Crippen LogP) is 2.80. The Kier molecular flexibility index (Phi) is 5.69. The lowest BCUT2D eigenvalue weighted by Gasteiger charge is -2.23. The Bertz CT molecular complexity index is 981. The van der Waals surface area contributed by atoms with E-state index in [9.17, 15) is 13.2 Å². The standard InChI is InChI=1S/C17H16Cl2N2O5S/c1-27(23,24)21(14-7-12(18)3-4-13(14)19)9-17(22)20-8-11-2-5-15-16(6-11)26-10-25-15/h2-7H,8-10H2,1H3,(H,20,22). The van der Waals surface area contributed by atoms with Gasteiger partial charge in [0.05, 0.1) is 17.0 Å². The maximum atomic E-state index is 12.3. The molecule has 1 amide bonds. The highest BCUT2D eigenvalue weighted by Crippen LogP contribution is 2.32. The van der Waals surface area contributed by atoms with Crippen LogP contribution in [0.3, 0.4) is 0 Å². The largest absolute Gasteiger partial charge is 0.454 e. The number of halogens is 2. The third-order valence-corrected chi connectivity index (χ3v) is 5.47. The lowest BCUT2D eigenvalue weighted by atomic mass is 10.2. The van der Waals surface area contributed by atoms with Crippen molar-refractivity contribution in [1.29, 1.82) is 0 Å². The van der Waals surface area contributed by atoms with Crippen LogP contribution in [0.4, 0.5) is 5.69 Å². The summed E-state index contributed by atoms with van der Waals surface area (Å²) in [7, 11) is -3.75. The number of nitrogens with zero attached hydrogens (tertiary/aromatic N) is 1. The van der Waals surface area contributed by atoms with E-state index in [-0.39, 0.29) is 24.0 Å². The first kappa shape index (κ1) is 19.6. The maximum Gasteiger partial charge on any atom is 0.241 e. The van der Waals surface area contributed by atoms with Crippen molar-refractivity contribution < 1.29 is 22.7 Å². The van der Waals surface area contributed by atoms with E-state index in [0.717, 1.165) is 16.1 Å². The van der Waals surface area contributed by atoms with Gasteiger partial charge in [0.25, 0.3) is 0 Å². The number of amides is 1. The molecule has 2 aromatic carbocycles. The Balaban J connectivity index is 1.71. The summed E-state index contributed by atoms with van der Waals surface area (Å²) in [6.45, 7) is -0.0609. The van der Waals surface area contributed by atoms with Crippen LogP contribution in [-0.4, -0.2) is 33.9 Å². The van der Waals surface area contributed by atoms with Crippen molar-refractivity contribution >= 4 is 44.8 Å². The molecule has 0 aliphatic carbocycles. The molecule has 0 bridgehead atoms. The summed E-state index contributed by atoms with van der Waals surface area (Å²) in [6.07, 6.45) is 0.995. The van der Waals surface area contributed by atoms with E-state index in [1.54, 1.807) is 18.2 Å². The first-order chi connectivity index (χ1) is 12.7. The number of ether oxygens (including phenoxy) is 2. The average Bonchev–Trinajstić information content (AvgIpc) is 3.07. The molecule has 0 fully saturated rings. The van der Waals surface area contributed by atoms with Crippen LogP contribution in [-0.2, 0) is 21.4 Å². The maximum absolute atomic E-state index is 12.3. The molecule has 0 atom stereocenters. The average molecular weight is 431 g/mol. The number of fused-ring (bicyclic) bond motifs is 1. The fourth-order valence-electron chi connectivity index (χ4n) is 2.50. The summed E-state index contributed by atoms with van der Waals surface area (Å²) < 4.78 is 35.7. The molecule has 0 spiro atoms. The second kappa shape index (κ2) is 7.84. The summed E-state index contributed by atoms with van der Waals surface area (Å²) in [5, 5.41) is 3.16. The van der Waals surface area contributed by atoms with Gasteiger partial charge in [0.1, 0.15) is 6.54 Å². The smallest absolute Gasteiger partial charge is 0.241 e. The number of hydrogen-bond donors (Lipinski definition) is 1. The summed E-state index contributed by atoms with van der Waals surface area (Å²) in [6, 6.07) is 9.70. The Labute approximate surface area is 166 Å². The van der Waals surface area contributed by atoms with Gasteiger partial charge >= 0.3 is 0 Å². The number of carbonyl (C=O) groups excluding carboxylic acids is 1. The van der Waals surface area contributed by atoms with E-state index < -0.39 is 22.5 Å². The Morgan fingerprint density at radius 2 is 1.89 bits per heavy atom. The predicted molar refractivity (Wildman–Crippen MR) is 103 cm³/mol. The summed E-state index contributed by atoms with van der Waals surface area (Å²) in [4.78, 5) is 12.3. The van der Waals surface area contributed by atoms with Crippen LogP contribution in [0.1, 0.15) is 5.56 Å². The van der Waals surface area contributed by atoms with E-state index >= 15 is 0 Å². The van der Waals surface area contributed by atoms with Gasteiger partial charge in [-0.05, 0) is 35.9 Å². The lowest BCUT2D eigenvalue weighted by Crippen LogP contribution is -2.40. The number of nitrogens with one attached hydrogen (secondary N) is 1. The van der Waals surface area contributed by atoms with Crippen molar-refractivity contribution in [3.63, 3.8) is 0 Å². The zero-order chi connectivity index (χ0) is 19.6. The molecule has 1 N–H and O–H groups in total. The molecular formula is C17H16Cl2N2O5S. The van der Waals surface area contributed by atoms with Crippen LogP contribution in [0.15, 0.2) is 36.4 Å². The van der Waals surface area contributed by atoms with E-state index in [1.807, 2.05) is 0 Å². The molecule has 27 heavy (non-hydrogen) atoms. The van der Waals surface area contributed by atoms with Crippen molar-refractivity contribution in [2.75, 3.05) is 23.9 Å². The Morgan fingerprint density at radius 1 is 1.15 bits per heavy atom. The minimum Gasteiger partial charge on any atom is -0.454 e. The second-order valence-corrected chi connectivity index (χ2v) is 8.58. The van der Waals surface area contributed by atoms with E-state index in [2.05, 4.69) is 5.32 Å². The highest BCUT2D eigenvalue weighted by molar-refractivity contribution is 7.92. The number of anilines is 1. The first-order valence-electron chi connectivity index (χ1n) is 7.82. The van der Waals surface area contributed by atoms with Crippen LogP contribution in [0.2, 0.25) is 10.0 Å². The quantitative estimate of drug-likeness (QED) is 0.761. The number of benzene rings is 2. The van der Waals surface area contributed by atoms with Gasteiger partial charge in [0.15, 0.2) is 11.5 Å². The van der Waals surface area contributed by atoms with Gasteiger partial charge in [-0.15, -0.1) is 0 Å². The SMILES string of the molecule is CS(=O)(=O)N(CC(=O)NCc1ccc2c(c1)OCO2)c1cc(Cl)ccc1Cl. The lowest BCUT2D eigenvalue weighted by molar-refractivity contribution is -0.119. The van der Waals surface area contributed by atoms with Gasteiger partial charge in [0.2, 0.25) is 22.7 Å². The van der Waals surface area contributed by atoms with Crippen LogP contribution in [0.5, 0.6) is 11.5 Å². The van der Waals surface area contributed by atoms with Gasteiger partial charge in [-0.2, -0.15) is 0 Å². The van der Waals surface area contributed by atoms with Crippen LogP contribution >= 0.6 is 23.2 Å². The molecule has 1 aliphatic rings. The van der Waals surface area contributed by atoms with E-state index in [1.165, 1.54) is 18.2 Å². The zero-order valence-electron chi connectivity index (χ0n) is 14.2. The van der Waals surface area contributed by atoms with Gasteiger partial charge in [-0.1, -0.05) is 29.3 Å². The molecule has 7 nitrogen and oxygen atoms in total. The molecule has 0 unspecified atom stereocenters. The summed E-state index contributed by atoms with van der Waals surface area (Å²) >= 11 is 12.0. The van der Waals surface area contributed by atoms with Gasteiger partial charge in [-0.3, -0.25) is 9.10 Å². The Hall–Kier alpha value is -2.16.